The van der Waals surface area contributed by atoms with Crippen LogP contribution >= 0.6 is 0 Å². The Hall–Kier alpha value is -0.840. The summed E-state index contributed by atoms with van der Waals surface area (Å²) < 4.78 is 5.09. The first-order valence-electron chi connectivity index (χ1n) is 5.44. The van der Waals surface area contributed by atoms with Gasteiger partial charge in [0.05, 0.1) is 13.3 Å². The van der Waals surface area contributed by atoms with Crippen molar-refractivity contribution in [2.45, 2.75) is 12.8 Å². The molecule has 102 valence electrons. The summed E-state index contributed by atoms with van der Waals surface area (Å²) in [5.74, 6) is 0.211. The molecule has 0 fully saturated rings. The van der Waals surface area contributed by atoms with Gasteiger partial charge in [-0.15, -0.1) is 0 Å². The molecule has 1 aromatic rings. The number of nitrogen functional groups attached to an aromatic ring is 1. The van der Waals surface area contributed by atoms with E-state index in [1.54, 1.807) is 0 Å². The van der Waals surface area contributed by atoms with Crippen LogP contribution in [-0.4, -0.2) is 76.0 Å². The van der Waals surface area contributed by atoms with Crippen molar-refractivity contribution < 1.29 is 14.9 Å². The molecule has 6 N–H and O–H groups in total. The van der Waals surface area contributed by atoms with Crippen LogP contribution in [0.1, 0.15) is 6.42 Å². The number of anilines is 3. The van der Waals surface area contributed by atoms with Gasteiger partial charge in [-0.2, -0.15) is 4.98 Å². The molecule has 10 heteroatoms. The second-order valence-corrected chi connectivity index (χ2v) is 3.73. The number of H-pyrrole nitrogens is 1. The van der Waals surface area contributed by atoms with Crippen LogP contribution in [0.25, 0.3) is 0 Å². The zero-order chi connectivity index (χ0) is 13.1. The molecule has 19 heavy (non-hydrogen) atoms. The number of hydrogen-bond acceptors (Lipinski definition) is 8. The van der Waals surface area contributed by atoms with Gasteiger partial charge in [0.15, 0.2) is 5.82 Å². The molecule has 0 amide bonds. The number of nitrogens with two attached hydrogens (primary N) is 1. The molecule has 0 bridgehead atoms. The summed E-state index contributed by atoms with van der Waals surface area (Å²) in [7, 11) is 0. The molecule has 1 aliphatic heterocycles. The molecule has 0 aliphatic carbocycles. The standard InChI is InChI=1S/C9H15N5O4.Na.H/c10-8-12-6-5(7(16)13-8)11-4-14(6)9(17)18-3-1-2-15;;/h9,11,15,17H,1-4H2,(H3,10,12,13,16);;. The molecular formula is C9H16N5NaO4. The van der Waals surface area contributed by atoms with Gasteiger partial charge in [0, 0.05) is 6.61 Å². The number of rotatable bonds is 5. The molecule has 2 rings (SSSR count). The Morgan fingerprint density at radius 1 is 1.58 bits per heavy atom. The number of fused-ring (bicyclic) bond motifs is 1. The molecular weight excluding hydrogens is 265 g/mol. The maximum atomic E-state index is 11.5. The van der Waals surface area contributed by atoms with Crippen molar-refractivity contribution in [2.75, 3.05) is 35.8 Å². The zero-order valence-corrected chi connectivity index (χ0v) is 9.59. The fourth-order valence-electron chi connectivity index (χ4n) is 1.61. The van der Waals surface area contributed by atoms with E-state index in [2.05, 4.69) is 15.3 Å². The molecule has 1 aromatic heterocycles. The van der Waals surface area contributed by atoms with E-state index in [-0.39, 0.29) is 66.9 Å². The van der Waals surface area contributed by atoms with Gasteiger partial charge in [0.25, 0.3) is 5.56 Å². The summed E-state index contributed by atoms with van der Waals surface area (Å²) in [4.78, 5) is 19.2. The Bertz CT molecular complexity index is 482. The third-order valence-corrected chi connectivity index (χ3v) is 2.45. The Morgan fingerprint density at radius 2 is 2.32 bits per heavy atom. The molecule has 0 saturated heterocycles. The van der Waals surface area contributed by atoms with E-state index in [1.807, 2.05) is 0 Å². The molecule has 2 heterocycles. The van der Waals surface area contributed by atoms with E-state index in [1.165, 1.54) is 4.90 Å². The number of nitrogens with zero attached hydrogens (tertiary/aromatic N) is 2. The summed E-state index contributed by atoms with van der Waals surface area (Å²) in [6, 6.07) is 0. The van der Waals surface area contributed by atoms with Gasteiger partial charge < -0.3 is 26.0 Å². The van der Waals surface area contributed by atoms with E-state index in [0.717, 1.165) is 0 Å². The van der Waals surface area contributed by atoms with Crippen LogP contribution in [0.3, 0.4) is 0 Å². The molecule has 1 aliphatic rings. The van der Waals surface area contributed by atoms with Crippen molar-refractivity contribution in [3.8, 4) is 0 Å². The molecule has 0 aromatic carbocycles. The van der Waals surface area contributed by atoms with E-state index >= 15 is 0 Å². The summed E-state index contributed by atoms with van der Waals surface area (Å²) in [5, 5.41) is 21.2. The molecule has 0 spiro atoms. The quantitative estimate of drug-likeness (QED) is 0.228. The first-order chi connectivity index (χ1) is 8.63. The summed E-state index contributed by atoms with van der Waals surface area (Å²) in [6.45, 7) is 0.365. The van der Waals surface area contributed by atoms with Crippen LogP contribution in [0.15, 0.2) is 4.79 Å². The zero-order valence-electron chi connectivity index (χ0n) is 9.59. The first-order valence-corrected chi connectivity index (χ1v) is 5.44. The predicted molar refractivity (Wildman–Crippen MR) is 71.0 cm³/mol. The number of nitrogens with one attached hydrogen (secondary N) is 2. The molecule has 1 atom stereocenters. The van der Waals surface area contributed by atoms with Crippen molar-refractivity contribution in [1.29, 1.82) is 0 Å². The van der Waals surface area contributed by atoms with Crippen LogP contribution in [-0.2, 0) is 4.74 Å². The number of aliphatic hydroxyl groups is 2. The second-order valence-electron chi connectivity index (χ2n) is 3.73. The van der Waals surface area contributed by atoms with E-state index in [4.69, 9.17) is 15.6 Å². The minimum absolute atomic E-state index is 0. The Morgan fingerprint density at radius 3 is 3.00 bits per heavy atom. The normalized spacial score (nSPS) is 14.5. The number of ether oxygens (including phenoxy) is 1. The van der Waals surface area contributed by atoms with Crippen molar-refractivity contribution >= 4 is 47.0 Å². The van der Waals surface area contributed by atoms with Gasteiger partial charge in [0.2, 0.25) is 12.4 Å². The van der Waals surface area contributed by atoms with Crippen molar-refractivity contribution in [2.24, 2.45) is 0 Å². The van der Waals surface area contributed by atoms with E-state index in [0.29, 0.717) is 6.42 Å². The third kappa shape index (κ3) is 3.59. The number of aromatic nitrogens is 2. The molecule has 0 radical (unpaired) electrons. The fraction of sp³-hybridized carbons (Fsp3) is 0.556. The van der Waals surface area contributed by atoms with Crippen molar-refractivity contribution in [1.82, 2.24) is 9.97 Å². The van der Waals surface area contributed by atoms with Crippen molar-refractivity contribution in [3.05, 3.63) is 10.4 Å². The summed E-state index contributed by atoms with van der Waals surface area (Å²) >= 11 is 0. The Balaban J connectivity index is 0.00000180. The van der Waals surface area contributed by atoms with E-state index < -0.39 is 12.0 Å². The van der Waals surface area contributed by atoms with Crippen LogP contribution < -0.4 is 21.5 Å². The van der Waals surface area contributed by atoms with Crippen LogP contribution in [0.4, 0.5) is 17.5 Å². The second kappa shape index (κ2) is 7.08. The molecule has 1 unspecified atom stereocenters. The van der Waals surface area contributed by atoms with Gasteiger partial charge in [0.1, 0.15) is 5.69 Å². The fourth-order valence-corrected chi connectivity index (χ4v) is 1.61. The summed E-state index contributed by atoms with van der Waals surface area (Å²) in [6.07, 6.45) is -0.838. The average molecular weight is 281 g/mol. The van der Waals surface area contributed by atoms with E-state index in [9.17, 15) is 9.90 Å². The topological polar surface area (TPSA) is 137 Å². The van der Waals surface area contributed by atoms with Crippen molar-refractivity contribution in [3.63, 3.8) is 0 Å². The average Bonchev–Trinajstić information content (AvgIpc) is 2.73. The van der Waals surface area contributed by atoms with Crippen LogP contribution in [0.5, 0.6) is 0 Å². The number of hydrogen-bond donors (Lipinski definition) is 5. The summed E-state index contributed by atoms with van der Waals surface area (Å²) in [5.41, 5.74) is 5.28. The number of aliphatic hydroxyl groups excluding tert-OH is 2. The van der Waals surface area contributed by atoms with Crippen LogP contribution in [0.2, 0.25) is 0 Å². The van der Waals surface area contributed by atoms with Gasteiger partial charge >= 0.3 is 29.6 Å². The Kier molecular flexibility index (Phi) is 6.04. The van der Waals surface area contributed by atoms with Gasteiger partial charge in [-0.25, -0.2) is 0 Å². The first kappa shape index (κ1) is 16.2. The van der Waals surface area contributed by atoms with Gasteiger partial charge in [-0.3, -0.25) is 14.7 Å². The van der Waals surface area contributed by atoms with Crippen LogP contribution in [0, 0.1) is 0 Å². The minimum atomic E-state index is -1.25. The molecule has 9 nitrogen and oxygen atoms in total. The number of aromatic amines is 1. The predicted octanol–water partition coefficient (Wildman–Crippen LogP) is -2.43. The third-order valence-electron chi connectivity index (χ3n) is 2.45. The maximum absolute atomic E-state index is 11.5. The SMILES string of the molecule is Nc1nc2c(c(=O)[nH]1)NCN2C(O)OCCCO.[NaH]. The van der Waals surface area contributed by atoms with Gasteiger partial charge in [-0.05, 0) is 6.42 Å². The monoisotopic (exact) mass is 281 g/mol. The van der Waals surface area contributed by atoms with Gasteiger partial charge in [-0.1, -0.05) is 0 Å². The molecule has 0 saturated carbocycles. The Labute approximate surface area is 131 Å².